The van der Waals surface area contributed by atoms with Gasteiger partial charge < -0.3 is 16.8 Å². The van der Waals surface area contributed by atoms with Crippen LogP contribution in [-0.4, -0.2) is 18.4 Å². The third kappa shape index (κ3) is 5.52. The van der Waals surface area contributed by atoms with E-state index < -0.39 is 5.91 Å². The number of benzene rings is 1. The maximum absolute atomic E-state index is 11.7. The zero-order valence-electron chi connectivity index (χ0n) is 11.2. The Morgan fingerprint density at radius 2 is 2.05 bits per heavy atom. The van der Waals surface area contributed by atoms with E-state index in [1.165, 1.54) is 0 Å². The number of nitrogens with two attached hydrogens (primary N) is 2. The Labute approximate surface area is 113 Å². The van der Waals surface area contributed by atoms with Gasteiger partial charge in [-0.2, -0.15) is 0 Å². The summed E-state index contributed by atoms with van der Waals surface area (Å²) in [4.78, 5) is 22.8. The molecule has 19 heavy (non-hydrogen) atoms. The highest BCUT2D eigenvalue weighted by atomic mass is 16.2. The summed E-state index contributed by atoms with van der Waals surface area (Å²) in [7, 11) is 0. The van der Waals surface area contributed by atoms with Crippen LogP contribution in [0.1, 0.15) is 36.5 Å². The summed E-state index contributed by atoms with van der Waals surface area (Å²) >= 11 is 0. The lowest BCUT2D eigenvalue weighted by molar-refractivity contribution is -0.116. The monoisotopic (exact) mass is 263 g/mol. The van der Waals surface area contributed by atoms with Crippen molar-refractivity contribution in [1.82, 2.24) is 0 Å². The van der Waals surface area contributed by atoms with Crippen LogP contribution in [0.4, 0.5) is 5.69 Å². The lowest BCUT2D eigenvalue weighted by atomic mass is 10.0. The van der Waals surface area contributed by atoms with Gasteiger partial charge in [-0.1, -0.05) is 13.0 Å². The number of nitrogens with one attached hydrogen (secondary N) is 1. The molecule has 0 saturated carbocycles. The molecular weight excluding hydrogens is 242 g/mol. The molecule has 0 saturated heterocycles. The number of hydrogen-bond acceptors (Lipinski definition) is 3. The molecule has 0 bridgehead atoms. The summed E-state index contributed by atoms with van der Waals surface area (Å²) in [6.07, 6.45) is 2.17. The van der Waals surface area contributed by atoms with E-state index in [1.807, 2.05) is 0 Å². The van der Waals surface area contributed by atoms with Crippen molar-refractivity contribution in [2.75, 3.05) is 11.9 Å². The Hall–Kier alpha value is -1.88. The third-order valence-electron chi connectivity index (χ3n) is 2.95. The summed E-state index contributed by atoms with van der Waals surface area (Å²) in [6, 6.07) is 6.60. The van der Waals surface area contributed by atoms with Crippen LogP contribution in [0, 0.1) is 5.92 Å². The minimum atomic E-state index is -0.507. The molecule has 0 aliphatic carbocycles. The van der Waals surface area contributed by atoms with Crippen molar-refractivity contribution in [3.8, 4) is 0 Å². The number of hydrogen-bond donors (Lipinski definition) is 3. The average molecular weight is 263 g/mol. The Kier molecular flexibility index (Phi) is 6.02. The first-order chi connectivity index (χ1) is 9.02. The zero-order chi connectivity index (χ0) is 14.3. The van der Waals surface area contributed by atoms with E-state index in [4.69, 9.17) is 11.5 Å². The molecule has 1 aromatic rings. The lowest BCUT2D eigenvalue weighted by Crippen LogP contribution is -2.15. The van der Waals surface area contributed by atoms with Crippen molar-refractivity contribution >= 4 is 17.5 Å². The van der Waals surface area contributed by atoms with Gasteiger partial charge in [-0.25, -0.2) is 0 Å². The summed E-state index contributed by atoms with van der Waals surface area (Å²) in [5.74, 6) is -0.133. The molecule has 2 amide bonds. The maximum atomic E-state index is 11.7. The van der Waals surface area contributed by atoms with Gasteiger partial charge in [-0.15, -0.1) is 0 Å². The molecule has 104 valence electrons. The van der Waals surface area contributed by atoms with E-state index >= 15 is 0 Å². The molecule has 0 spiro atoms. The molecule has 0 aliphatic rings. The highest BCUT2D eigenvalue weighted by Crippen LogP contribution is 2.13. The van der Waals surface area contributed by atoms with Gasteiger partial charge in [0.2, 0.25) is 11.8 Å². The van der Waals surface area contributed by atoms with E-state index in [9.17, 15) is 9.59 Å². The van der Waals surface area contributed by atoms with Gasteiger partial charge in [-0.3, -0.25) is 9.59 Å². The van der Waals surface area contributed by atoms with Gasteiger partial charge in [-0.05, 0) is 43.5 Å². The van der Waals surface area contributed by atoms with E-state index in [-0.39, 0.29) is 5.91 Å². The van der Waals surface area contributed by atoms with Crippen LogP contribution in [0.25, 0.3) is 0 Å². The van der Waals surface area contributed by atoms with Crippen molar-refractivity contribution in [3.05, 3.63) is 29.8 Å². The number of carbonyl (C=O) groups excluding carboxylic acids is 2. The van der Waals surface area contributed by atoms with Crippen molar-refractivity contribution < 1.29 is 9.59 Å². The number of primary amides is 1. The summed E-state index contributed by atoms with van der Waals surface area (Å²) in [5, 5.41) is 2.76. The lowest BCUT2D eigenvalue weighted by Gasteiger charge is -2.10. The Balaban J connectivity index is 2.48. The molecule has 0 heterocycles. The third-order valence-corrected chi connectivity index (χ3v) is 2.95. The van der Waals surface area contributed by atoms with Gasteiger partial charge in [0.05, 0.1) is 0 Å². The molecule has 0 aromatic heterocycles. The van der Waals surface area contributed by atoms with Crippen LogP contribution in [-0.2, 0) is 4.79 Å². The highest BCUT2D eigenvalue weighted by molar-refractivity contribution is 5.96. The highest BCUT2D eigenvalue weighted by Gasteiger charge is 2.07. The largest absolute Gasteiger partial charge is 0.366 e. The molecule has 1 aromatic carbocycles. The smallest absolute Gasteiger partial charge is 0.248 e. The molecule has 1 unspecified atom stereocenters. The molecule has 5 heteroatoms. The Morgan fingerprint density at radius 1 is 1.32 bits per heavy atom. The maximum Gasteiger partial charge on any atom is 0.248 e. The fraction of sp³-hybridized carbons (Fsp3) is 0.429. The second kappa shape index (κ2) is 7.53. The zero-order valence-corrected chi connectivity index (χ0v) is 11.2. The van der Waals surface area contributed by atoms with Crippen molar-refractivity contribution in [2.24, 2.45) is 17.4 Å². The molecular formula is C14H21N3O2. The first-order valence-corrected chi connectivity index (χ1v) is 6.42. The predicted octanol–water partition coefficient (Wildman–Crippen LogP) is 1.49. The summed E-state index contributed by atoms with van der Waals surface area (Å²) in [5.41, 5.74) is 11.6. The minimum Gasteiger partial charge on any atom is -0.366 e. The predicted molar refractivity (Wildman–Crippen MR) is 75.7 cm³/mol. The molecule has 0 radical (unpaired) electrons. The summed E-state index contributed by atoms with van der Waals surface area (Å²) < 4.78 is 0. The quantitative estimate of drug-likeness (QED) is 0.695. The molecule has 1 atom stereocenters. The molecule has 0 fully saturated rings. The van der Waals surface area contributed by atoms with Crippen molar-refractivity contribution in [3.63, 3.8) is 0 Å². The molecule has 1 rings (SSSR count). The van der Waals surface area contributed by atoms with Gasteiger partial charge in [0, 0.05) is 17.7 Å². The standard InChI is InChI=1S/C14H21N3O2/c1-10(7-8-15)5-6-13(18)17-12-4-2-3-11(9-12)14(16)19/h2-4,9-10H,5-8,15H2,1H3,(H2,16,19)(H,17,18). The van der Waals surface area contributed by atoms with E-state index in [2.05, 4.69) is 12.2 Å². The number of amides is 2. The SMILES string of the molecule is CC(CCN)CCC(=O)Nc1cccc(C(N)=O)c1. The van der Waals surface area contributed by atoms with Gasteiger partial charge in [0.1, 0.15) is 0 Å². The Morgan fingerprint density at radius 3 is 2.68 bits per heavy atom. The number of anilines is 1. The van der Waals surface area contributed by atoms with Crippen LogP contribution in [0.5, 0.6) is 0 Å². The summed E-state index contributed by atoms with van der Waals surface area (Å²) in [6.45, 7) is 2.72. The van der Waals surface area contributed by atoms with Gasteiger partial charge in [0.25, 0.3) is 0 Å². The Bertz CT molecular complexity index is 446. The number of carbonyl (C=O) groups is 2. The number of rotatable bonds is 7. The second-order valence-corrected chi connectivity index (χ2v) is 4.71. The topological polar surface area (TPSA) is 98.2 Å². The molecule has 5 nitrogen and oxygen atoms in total. The fourth-order valence-electron chi connectivity index (χ4n) is 1.78. The van der Waals surface area contributed by atoms with Crippen LogP contribution in [0.2, 0.25) is 0 Å². The molecule has 5 N–H and O–H groups in total. The van der Waals surface area contributed by atoms with E-state index in [0.717, 1.165) is 12.8 Å². The first kappa shape index (κ1) is 15.2. The normalized spacial score (nSPS) is 11.9. The van der Waals surface area contributed by atoms with Crippen LogP contribution < -0.4 is 16.8 Å². The van der Waals surface area contributed by atoms with E-state index in [1.54, 1.807) is 24.3 Å². The van der Waals surface area contributed by atoms with Gasteiger partial charge >= 0.3 is 0 Å². The van der Waals surface area contributed by atoms with Crippen molar-refractivity contribution in [2.45, 2.75) is 26.2 Å². The fourth-order valence-corrected chi connectivity index (χ4v) is 1.78. The minimum absolute atomic E-state index is 0.0644. The average Bonchev–Trinajstić information content (AvgIpc) is 2.37. The van der Waals surface area contributed by atoms with E-state index in [0.29, 0.717) is 30.1 Å². The van der Waals surface area contributed by atoms with Crippen LogP contribution in [0.3, 0.4) is 0 Å². The first-order valence-electron chi connectivity index (χ1n) is 6.42. The van der Waals surface area contributed by atoms with Crippen molar-refractivity contribution in [1.29, 1.82) is 0 Å². The molecule has 0 aliphatic heterocycles. The van der Waals surface area contributed by atoms with Gasteiger partial charge in [0.15, 0.2) is 0 Å². The second-order valence-electron chi connectivity index (χ2n) is 4.71. The van der Waals surface area contributed by atoms with Crippen LogP contribution >= 0.6 is 0 Å². The van der Waals surface area contributed by atoms with Crippen LogP contribution in [0.15, 0.2) is 24.3 Å².